The molecule has 1 aliphatic rings. The van der Waals surface area contributed by atoms with Crippen LogP contribution in [0.1, 0.15) is 17.0 Å². The van der Waals surface area contributed by atoms with Crippen LogP contribution >= 0.6 is 0 Å². The molecule has 8 heteroatoms. The highest BCUT2D eigenvalue weighted by molar-refractivity contribution is 5.92. The maximum absolute atomic E-state index is 11.4. The van der Waals surface area contributed by atoms with Crippen LogP contribution in [-0.4, -0.2) is 21.7 Å². The molecule has 0 amide bonds. The molecule has 8 nitrogen and oxygen atoms in total. The first kappa shape index (κ1) is 15.7. The van der Waals surface area contributed by atoms with Crippen molar-refractivity contribution in [1.29, 1.82) is 5.26 Å². The number of aromatic nitrogens is 2. The minimum Gasteiger partial charge on any atom is -0.454 e. The Labute approximate surface area is 147 Å². The Morgan fingerprint density at radius 1 is 1.35 bits per heavy atom. The number of ether oxygens (including phenoxy) is 2. The van der Waals surface area contributed by atoms with E-state index in [0.717, 1.165) is 11.1 Å². The van der Waals surface area contributed by atoms with Gasteiger partial charge in [0, 0.05) is 0 Å². The molecule has 0 spiro atoms. The molecule has 2 heterocycles. The molecule has 0 atom stereocenters. The molecule has 1 aliphatic heterocycles. The average Bonchev–Trinajstić information content (AvgIpc) is 3.24. The van der Waals surface area contributed by atoms with Gasteiger partial charge in [0.15, 0.2) is 11.5 Å². The summed E-state index contributed by atoms with van der Waals surface area (Å²) < 4.78 is 10.5. The highest BCUT2D eigenvalue weighted by Gasteiger charge is 2.23. The molecule has 0 radical (unpaired) electrons. The molecule has 4 rings (SSSR count). The summed E-state index contributed by atoms with van der Waals surface area (Å²) in [5, 5.41) is 20.9. The number of nitriles is 1. The molecule has 0 saturated carbocycles. The van der Waals surface area contributed by atoms with Gasteiger partial charge in [-0.1, -0.05) is 6.07 Å². The van der Waals surface area contributed by atoms with Crippen molar-refractivity contribution in [2.45, 2.75) is 6.92 Å². The highest BCUT2D eigenvalue weighted by Crippen LogP contribution is 2.39. The molecule has 0 unspecified atom stereocenters. The van der Waals surface area contributed by atoms with Crippen LogP contribution in [-0.2, 0) is 0 Å². The number of imidazole rings is 1. The number of nitrogens with one attached hydrogen (secondary N) is 1. The monoisotopic (exact) mass is 348 g/mol. The molecular formula is C18H12N4O4. The predicted molar refractivity (Wildman–Crippen MR) is 93.5 cm³/mol. The highest BCUT2D eigenvalue weighted by atomic mass is 16.7. The van der Waals surface area contributed by atoms with E-state index in [1.54, 1.807) is 0 Å². The molecule has 0 saturated heterocycles. The molecule has 3 aromatic rings. The summed E-state index contributed by atoms with van der Waals surface area (Å²) in [7, 11) is 0. The number of benzene rings is 2. The fourth-order valence-corrected chi connectivity index (χ4v) is 2.78. The first-order valence-electron chi connectivity index (χ1n) is 7.72. The van der Waals surface area contributed by atoms with E-state index in [4.69, 9.17) is 9.47 Å². The lowest BCUT2D eigenvalue weighted by Crippen LogP contribution is -1.93. The molecule has 1 aromatic heterocycles. The third-order valence-corrected chi connectivity index (χ3v) is 4.03. The van der Waals surface area contributed by atoms with E-state index >= 15 is 0 Å². The van der Waals surface area contributed by atoms with Crippen molar-refractivity contribution < 1.29 is 14.4 Å². The normalized spacial score (nSPS) is 13.0. The third kappa shape index (κ3) is 2.61. The molecule has 0 bridgehead atoms. The van der Waals surface area contributed by atoms with E-state index in [2.05, 4.69) is 9.97 Å². The van der Waals surface area contributed by atoms with Gasteiger partial charge in [0.05, 0.1) is 33.2 Å². The Hall–Kier alpha value is -3.86. The lowest BCUT2D eigenvalue weighted by Gasteiger charge is -2.01. The van der Waals surface area contributed by atoms with Crippen LogP contribution in [0.15, 0.2) is 30.3 Å². The largest absolute Gasteiger partial charge is 0.454 e. The van der Waals surface area contributed by atoms with Crippen molar-refractivity contribution in [3.63, 3.8) is 0 Å². The second-order valence-corrected chi connectivity index (χ2v) is 5.80. The van der Waals surface area contributed by atoms with Crippen molar-refractivity contribution in [2.24, 2.45) is 0 Å². The summed E-state index contributed by atoms with van der Waals surface area (Å²) in [4.78, 5) is 18.3. The van der Waals surface area contributed by atoms with E-state index in [9.17, 15) is 15.4 Å². The summed E-state index contributed by atoms with van der Waals surface area (Å²) in [6, 6.07) is 10.5. The Kier molecular flexibility index (Phi) is 3.55. The van der Waals surface area contributed by atoms with E-state index in [1.807, 2.05) is 31.2 Å². The molecular weight excluding hydrogens is 336 g/mol. The van der Waals surface area contributed by atoms with Crippen LogP contribution in [0, 0.1) is 28.4 Å². The van der Waals surface area contributed by atoms with Gasteiger partial charge >= 0.3 is 0 Å². The number of nitro groups is 1. The van der Waals surface area contributed by atoms with Gasteiger partial charge in [-0.2, -0.15) is 5.26 Å². The van der Waals surface area contributed by atoms with Crippen molar-refractivity contribution in [1.82, 2.24) is 9.97 Å². The lowest BCUT2D eigenvalue weighted by atomic mass is 10.1. The second-order valence-electron chi connectivity index (χ2n) is 5.80. The van der Waals surface area contributed by atoms with Crippen LogP contribution in [0.3, 0.4) is 0 Å². The van der Waals surface area contributed by atoms with Crippen LogP contribution in [0.5, 0.6) is 11.5 Å². The smallest absolute Gasteiger partial charge is 0.280 e. The average molecular weight is 348 g/mol. The number of rotatable bonds is 3. The first-order chi connectivity index (χ1) is 12.5. The Bertz CT molecular complexity index is 1120. The SMILES string of the molecule is Cc1ccc2nc(C(C#N)=Cc3cc4c(cc3[N+](=O)[O-])OCO4)[nH]c2c1. The second kappa shape index (κ2) is 5.89. The quantitative estimate of drug-likeness (QED) is 0.439. The number of aryl methyl sites for hydroxylation is 1. The summed E-state index contributed by atoms with van der Waals surface area (Å²) in [6.07, 6.45) is 1.42. The zero-order chi connectivity index (χ0) is 18.3. The van der Waals surface area contributed by atoms with E-state index in [1.165, 1.54) is 18.2 Å². The molecule has 26 heavy (non-hydrogen) atoms. The van der Waals surface area contributed by atoms with Crippen molar-refractivity contribution in [2.75, 3.05) is 6.79 Å². The standard InChI is InChI=1S/C18H12N4O4/c1-10-2-3-13-14(4-10)21-18(20-13)12(8-19)5-11-6-16-17(26-9-25-16)7-15(11)22(23)24/h2-7H,9H2,1H3,(H,20,21). The maximum atomic E-state index is 11.4. The van der Waals surface area contributed by atoms with Crippen LogP contribution in [0.4, 0.5) is 5.69 Å². The number of H-pyrrole nitrogens is 1. The summed E-state index contributed by atoms with van der Waals surface area (Å²) in [5.41, 5.74) is 2.82. The number of allylic oxidation sites excluding steroid dienone is 1. The van der Waals surface area contributed by atoms with Gasteiger partial charge in [-0.25, -0.2) is 4.98 Å². The summed E-state index contributed by atoms with van der Waals surface area (Å²) >= 11 is 0. The van der Waals surface area contributed by atoms with Gasteiger partial charge in [-0.3, -0.25) is 10.1 Å². The Balaban J connectivity index is 1.85. The van der Waals surface area contributed by atoms with Gasteiger partial charge in [0.25, 0.3) is 5.69 Å². The van der Waals surface area contributed by atoms with Gasteiger partial charge in [0.1, 0.15) is 11.9 Å². The van der Waals surface area contributed by atoms with E-state index < -0.39 is 4.92 Å². The van der Waals surface area contributed by atoms with Gasteiger partial charge < -0.3 is 14.5 Å². The fourth-order valence-electron chi connectivity index (χ4n) is 2.78. The topological polar surface area (TPSA) is 114 Å². The van der Waals surface area contributed by atoms with Crippen molar-refractivity contribution in [3.05, 3.63) is 57.4 Å². The number of fused-ring (bicyclic) bond motifs is 2. The molecule has 0 aliphatic carbocycles. The third-order valence-electron chi connectivity index (χ3n) is 4.03. The maximum Gasteiger partial charge on any atom is 0.280 e. The van der Waals surface area contributed by atoms with Gasteiger partial charge in [-0.05, 0) is 36.8 Å². The number of nitrogens with zero attached hydrogens (tertiary/aromatic N) is 3. The lowest BCUT2D eigenvalue weighted by molar-refractivity contribution is -0.385. The van der Waals surface area contributed by atoms with Crippen molar-refractivity contribution >= 4 is 28.4 Å². The number of hydrogen-bond donors (Lipinski definition) is 1. The number of nitro benzene ring substituents is 1. The minimum atomic E-state index is -0.523. The van der Waals surface area contributed by atoms with Crippen LogP contribution < -0.4 is 9.47 Å². The molecule has 1 N–H and O–H groups in total. The predicted octanol–water partition coefficient (Wildman–Crippen LogP) is 3.57. The van der Waals surface area contributed by atoms with Gasteiger partial charge in [0.2, 0.25) is 6.79 Å². The first-order valence-corrected chi connectivity index (χ1v) is 7.72. The Morgan fingerprint density at radius 2 is 2.12 bits per heavy atom. The molecule has 0 fully saturated rings. The van der Waals surface area contributed by atoms with E-state index in [-0.39, 0.29) is 23.6 Å². The fraction of sp³-hybridized carbons (Fsp3) is 0.111. The zero-order valence-corrected chi connectivity index (χ0v) is 13.6. The zero-order valence-electron chi connectivity index (χ0n) is 13.6. The number of aromatic amines is 1. The molecule has 128 valence electrons. The summed E-state index contributed by atoms with van der Waals surface area (Å²) in [6.45, 7) is 1.96. The van der Waals surface area contributed by atoms with Crippen molar-refractivity contribution in [3.8, 4) is 17.6 Å². The van der Waals surface area contributed by atoms with Crippen LogP contribution in [0.25, 0.3) is 22.7 Å². The van der Waals surface area contributed by atoms with E-state index in [0.29, 0.717) is 22.8 Å². The van der Waals surface area contributed by atoms with Crippen LogP contribution in [0.2, 0.25) is 0 Å². The van der Waals surface area contributed by atoms with Gasteiger partial charge in [-0.15, -0.1) is 0 Å². The number of hydrogen-bond acceptors (Lipinski definition) is 6. The Morgan fingerprint density at radius 3 is 2.85 bits per heavy atom. The molecule has 2 aromatic carbocycles. The summed E-state index contributed by atoms with van der Waals surface area (Å²) in [5.74, 6) is 1.06. The minimum absolute atomic E-state index is 0.00763.